The van der Waals surface area contributed by atoms with E-state index in [0.717, 1.165) is 20.2 Å². The molecule has 0 fully saturated rings. The van der Waals surface area contributed by atoms with Crippen LogP contribution in [-0.2, 0) is 22.6 Å². The molecule has 0 unspecified atom stereocenters. The molecule has 27 heavy (non-hydrogen) atoms. The third-order valence-electron chi connectivity index (χ3n) is 3.94. The van der Waals surface area contributed by atoms with E-state index in [-0.39, 0.29) is 6.54 Å². The molecule has 1 aromatic carbocycles. The van der Waals surface area contributed by atoms with E-state index in [0.29, 0.717) is 13.0 Å². The Hall–Kier alpha value is -2.48. The van der Waals surface area contributed by atoms with Gasteiger partial charge in [-0.2, -0.15) is 0 Å². The monoisotopic (exact) mass is 400 g/mol. The zero-order valence-corrected chi connectivity index (χ0v) is 16.2. The van der Waals surface area contributed by atoms with Crippen LogP contribution in [0.3, 0.4) is 0 Å². The lowest BCUT2D eigenvalue weighted by Crippen LogP contribution is -2.40. The summed E-state index contributed by atoms with van der Waals surface area (Å²) in [5.74, 6) is -1.29. The lowest BCUT2D eigenvalue weighted by Gasteiger charge is -2.06. The molecule has 2 aromatic heterocycles. The second-order valence-electron chi connectivity index (χ2n) is 5.90. The highest BCUT2D eigenvalue weighted by Gasteiger charge is 2.16. The van der Waals surface area contributed by atoms with Gasteiger partial charge in [0.15, 0.2) is 0 Å². The number of nitrogens with one attached hydrogen (secondary N) is 2. The van der Waals surface area contributed by atoms with Crippen molar-refractivity contribution in [2.45, 2.75) is 19.1 Å². The average Bonchev–Trinajstić information content (AvgIpc) is 3.38. The van der Waals surface area contributed by atoms with Crippen LogP contribution in [0.1, 0.15) is 26.3 Å². The zero-order chi connectivity index (χ0) is 19.1. The van der Waals surface area contributed by atoms with Crippen molar-refractivity contribution >= 4 is 34.5 Å². The second kappa shape index (κ2) is 9.45. The molecule has 0 aliphatic heterocycles. The van der Waals surface area contributed by atoms with Crippen LogP contribution in [0.5, 0.6) is 0 Å². The number of carbonyl (C=O) groups excluding carboxylic acids is 2. The highest BCUT2D eigenvalue weighted by Crippen LogP contribution is 2.30. The van der Waals surface area contributed by atoms with Crippen molar-refractivity contribution in [2.75, 3.05) is 6.54 Å². The Labute approximate surface area is 165 Å². The molecule has 0 radical (unpaired) electrons. The summed E-state index contributed by atoms with van der Waals surface area (Å²) in [6.45, 7) is 0.666. The highest BCUT2D eigenvalue weighted by molar-refractivity contribution is 7.12. The van der Waals surface area contributed by atoms with Crippen molar-refractivity contribution in [1.29, 1.82) is 0 Å². The molecule has 2 amide bonds. The van der Waals surface area contributed by atoms with Gasteiger partial charge < -0.3 is 15.7 Å². The van der Waals surface area contributed by atoms with Crippen LogP contribution in [0.2, 0.25) is 0 Å². The molecule has 0 aliphatic rings. The summed E-state index contributed by atoms with van der Waals surface area (Å²) in [5.41, 5.74) is 1.11. The Morgan fingerprint density at radius 1 is 0.926 bits per heavy atom. The summed E-state index contributed by atoms with van der Waals surface area (Å²) >= 11 is 2.92. The molecular weight excluding hydrogens is 380 g/mol. The summed E-state index contributed by atoms with van der Waals surface area (Å²) in [5, 5.41) is 17.5. The fourth-order valence-electron chi connectivity index (χ4n) is 2.52. The van der Waals surface area contributed by atoms with Gasteiger partial charge in [-0.1, -0.05) is 36.4 Å². The maximum Gasteiger partial charge on any atom is 0.309 e. The Morgan fingerprint density at radius 2 is 1.70 bits per heavy atom. The van der Waals surface area contributed by atoms with Crippen molar-refractivity contribution in [1.82, 2.24) is 10.6 Å². The second-order valence-corrected chi connectivity index (χ2v) is 8.08. The van der Waals surface area contributed by atoms with Crippen LogP contribution in [0.25, 0.3) is 0 Å². The maximum absolute atomic E-state index is 11.9. The summed E-state index contributed by atoms with van der Waals surface area (Å²) < 4.78 is 0. The molecule has 3 aromatic rings. The van der Waals surface area contributed by atoms with E-state index in [4.69, 9.17) is 0 Å². The van der Waals surface area contributed by atoms with Gasteiger partial charge in [-0.3, -0.25) is 9.59 Å². The fraction of sp³-hybridized carbons (Fsp3) is 0.200. The fourth-order valence-corrected chi connectivity index (χ4v) is 4.28. The van der Waals surface area contributed by atoms with Crippen LogP contribution in [0, 0.1) is 0 Å². The van der Waals surface area contributed by atoms with Crippen LogP contribution in [-0.4, -0.2) is 23.5 Å². The van der Waals surface area contributed by atoms with Crippen molar-refractivity contribution in [3.8, 4) is 0 Å². The summed E-state index contributed by atoms with van der Waals surface area (Å²) in [7, 11) is 0. The topological polar surface area (TPSA) is 78.4 Å². The lowest BCUT2D eigenvalue weighted by atomic mass is 10.1. The number of rotatable bonds is 7. The van der Waals surface area contributed by atoms with Gasteiger partial charge in [0.2, 0.25) is 0 Å². The molecule has 0 saturated heterocycles. The van der Waals surface area contributed by atoms with Gasteiger partial charge >= 0.3 is 11.8 Å². The minimum absolute atomic E-state index is 0.257. The Morgan fingerprint density at radius 3 is 2.44 bits per heavy atom. The van der Waals surface area contributed by atoms with E-state index < -0.39 is 17.9 Å². The highest BCUT2D eigenvalue weighted by atomic mass is 32.1. The SMILES string of the molecule is O=C(NCCc1ccccc1)C(=O)NCc1ccc([C@@H](O)c2cccs2)s1. The van der Waals surface area contributed by atoms with E-state index in [2.05, 4.69) is 10.6 Å². The van der Waals surface area contributed by atoms with Gasteiger partial charge in [-0.15, -0.1) is 22.7 Å². The third-order valence-corrected chi connectivity index (χ3v) is 6.00. The number of amides is 2. The molecule has 1 atom stereocenters. The first-order valence-corrected chi connectivity index (χ1v) is 10.2. The molecule has 0 aliphatic carbocycles. The molecule has 0 bridgehead atoms. The summed E-state index contributed by atoms with van der Waals surface area (Å²) in [4.78, 5) is 26.4. The number of hydrogen-bond donors (Lipinski definition) is 3. The van der Waals surface area contributed by atoms with E-state index in [9.17, 15) is 14.7 Å². The molecule has 0 spiro atoms. The largest absolute Gasteiger partial charge is 0.382 e. The number of aliphatic hydroxyl groups excluding tert-OH is 1. The molecule has 2 heterocycles. The number of thiophene rings is 2. The van der Waals surface area contributed by atoms with Gasteiger partial charge in [-0.25, -0.2) is 0 Å². The Bertz CT molecular complexity index is 876. The number of aliphatic hydroxyl groups is 1. The first-order valence-electron chi connectivity index (χ1n) is 8.53. The number of hydrogen-bond acceptors (Lipinski definition) is 5. The van der Waals surface area contributed by atoms with Crippen LogP contribution >= 0.6 is 22.7 Å². The van der Waals surface area contributed by atoms with Crippen molar-refractivity contribution in [3.63, 3.8) is 0 Å². The van der Waals surface area contributed by atoms with E-state index in [1.807, 2.05) is 60.0 Å². The third kappa shape index (κ3) is 5.50. The predicted molar refractivity (Wildman–Crippen MR) is 108 cm³/mol. The van der Waals surface area contributed by atoms with Gasteiger partial charge in [-0.05, 0) is 35.6 Å². The smallest absolute Gasteiger partial charge is 0.309 e. The van der Waals surface area contributed by atoms with Crippen LogP contribution in [0.15, 0.2) is 60.0 Å². The average molecular weight is 401 g/mol. The van der Waals surface area contributed by atoms with E-state index in [1.54, 1.807) is 0 Å². The molecule has 3 N–H and O–H groups in total. The first-order chi connectivity index (χ1) is 13.1. The van der Waals surface area contributed by atoms with Gasteiger partial charge in [0.05, 0.1) is 6.54 Å². The van der Waals surface area contributed by atoms with Gasteiger partial charge in [0, 0.05) is 21.2 Å². The standard InChI is InChI=1S/C20H20N2O3S2/c23-18(16-7-4-12-26-16)17-9-8-15(27-17)13-22-20(25)19(24)21-11-10-14-5-2-1-3-6-14/h1-9,12,18,23H,10-11,13H2,(H,21,24)(H,22,25)/t18-/m0/s1. The van der Waals surface area contributed by atoms with Gasteiger partial charge in [0.1, 0.15) is 6.10 Å². The number of benzene rings is 1. The molecular formula is C20H20N2O3S2. The van der Waals surface area contributed by atoms with Crippen molar-refractivity contribution in [3.05, 3.63) is 80.2 Å². The summed E-state index contributed by atoms with van der Waals surface area (Å²) in [6.07, 6.45) is 0.0233. The molecule has 7 heteroatoms. The quantitative estimate of drug-likeness (QED) is 0.534. The predicted octanol–water partition coefficient (Wildman–Crippen LogP) is 2.87. The van der Waals surface area contributed by atoms with Gasteiger partial charge in [0.25, 0.3) is 0 Å². The molecule has 5 nitrogen and oxygen atoms in total. The minimum atomic E-state index is -0.656. The number of carbonyl (C=O) groups is 2. The van der Waals surface area contributed by atoms with Crippen LogP contribution < -0.4 is 10.6 Å². The first kappa shape index (κ1) is 19.3. The van der Waals surface area contributed by atoms with Crippen LogP contribution in [0.4, 0.5) is 0 Å². The van der Waals surface area contributed by atoms with Crippen molar-refractivity contribution in [2.24, 2.45) is 0 Å². The normalized spacial score (nSPS) is 11.7. The van der Waals surface area contributed by atoms with E-state index >= 15 is 0 Å². The van der Waals surface area contributed by atoms with Crippen molar-refractivity contribution < 1.29 is 14.7 Å². The molecule has 0 saturated carbocycles. The maximum atomic E-state index is 11.9. The zero-order valence-electron chi connectivity index (χ0n) is 14.6. The molecule has 140 valence electrons. The molecule has 3 rings (SSSR count). The minimum Gasteiger partial charge on any atom is -0.382 e. The van der Waals surface area contributed by atoms with E-state index in [1.165, 1.54) is 22.7 Å². The Balaban J connectivity index is 1.43. The lowest BCUT2D eigenvalue weighted by molar-refractivity contribution is -0.139. The Kier molecular flexibility index (Phi) is 6.75. The summed E-state index contributed by atoms with van der Waals surface area (Å²) in [6, 6.07) is 17.2.